The molecule has 20 heavy (non-hydrogen) atoms. The van der Waals surface area contributed by atoms with Crippen LogP contribution in [0.1, 0.15) is 31.7 Å². The Hall–Kier alpha value is -1.89. The van der Waals surface area contributed by atoms with E-state index in [-0.39, 0.29) is 17.4 Å². The highest BCUT2D eigenvalue weighted by atomic mass is 16.5. The molecular weight excluding hydrogens is 262 g/mol. The van der Waals surface area contributed by atoms with Crippen LogP contribution in [0.4, 0.5) is 5.82 Å². The van der Waals surface area contributed by atoms with Gasteiger partial charge in [0.25, 0.3) is 5.56 Å². The minimum absolute atomic E-state index is 0.101. The number of anilines is 1. The summed E-state index contributed by atoms with van der Waals surface area (Å²) in [6.45, 7) is 0.486. The van der Waals surface area contributed by atoms with Gasteiger partial charge in [0.2, 0.25) is 0 Å². The summed E-state index contributed by atoms with van der Waals surface area (Å²) in [4.78, 5) is 27.3. The number of hydrogen-bond acceptors (Lipinski definition) is 5. The third-order valence-electron chi connectivity index (χ3n) is 3.26. The molecule has 0 saturated heterocycles. The van der Waals surface area contributed by atoms with Crippen LogP contribution in [0.25, 0.3) is 0 Å². The standard InChI is InChI=1S/C13H19N3O4/c1-20-8-2-3-10(13(18)19)15-11-12(17)16(7-6-14-11)9-4-5-9/h6-7,9-10H,2-5,8H2,1H3,(H,14,15)(H,18,19). The van der Waals surface area contributed by atoms with Crippen LogP contribution < -0.4 is 10.9 Å². The molecule has 0 bridgehead atoms. The molecule has 2 N–H and O–H groups in total. The van der Waals surface area contributed by atoms with Gasteiger partial charge in [-0.2, -0.15) is 0 Å². The highest BCUT2D eigenvalue weighted by molar-refractivity contribution is 5.76. The molecule has 1 fully saturated rings. The van der Waals surface area contributed by atoms with Gasteiger partial charge in [0.05, 0.1) is 0 Å². The van der Waals surface area contributed by atoms with Crippen LogP contribution >= 0.6 is 0 Å². The quantitative estimate of drug-likeness (QED) is 0.687. The summed E-state index contributed by atoms with van der Waals surface area (Å²) >= 11 is 0. The first-order valence-corrected chi connectivity index (χ1v) is 6.69. The van der Waals surface area contributed by atoms with Gasteiger partial charge in [-0.1, -0.05) is 0 Å². The van der Waals surface area contributed by atoms with E-state index in [1.807, 2.05) is 0 Å². The molecule has 0 amide bonds. The first-order chi connectivity index (χ1) is 9.63. The minimum atomic E-state index is -0.996. The summed E-state index contributed by atoms with van der Waals surface area (Å²) in [7, 11) is 1.57. The molecule has 110 valence electrons. The van der Waals surface area contributed by atoms with Crippen LogP contribution in [-0.4, -0.2) is 40.4 Å². The highest BCUT2D eigenvalue weighted by Crippen LogP contribution is 2.33. The molecule has 0 aliphatic heterocycles. The molecule has 7 nitrogen and oxygen atoms in total. The van der Waals surface area contributed by atoms with Crippen molar-refractivity contribution in [1.82, 2.24) is 9.55 Å². The molecule has 1 saturated carbocycles. The number of aliphatic carboxylic acids is 1. The number of carbonyl (C=O) groups is 1. The third kappa shape index (κ3) is 3.57. The van der Waals surface area contributed by atoms with Crippen molar-refractivity contribution >= 4 is 11.8 Å². The Labute approximate surface area is 116 Å². The van der Waals surface area contributed by atoms with Gasteiger partial charge >= 0.3 is 5.97 Å². The number of carboxylic acid groups (broad SMARTS) is 1. The van der Waals surface area contributed by atoms with E-state index >= 15 is 0 Å². The molecule has 0 aromatic carbocycles. The molecule has 1 unspecified atom stereocenters. The van der Waals surface area contributed by atoms with E-state index in [1.54, 1.807) is 17.9 Å². The number of rotatable bonds is 8. The number of ether oxygens (including phenoxy) is 1. The lowest BCUT2D eigenvalue weighted by atomic mass is 10.1. The number of nitrogens with one attached hydrogen (secondary N) is 1. The second-order valence-corrected chi connectivity index (χ2v) is 4.89. The van der Waals surface area contributed by atoms with E-state index < -0.39 is 12.0 Å². The van der Waals surface area contributed by atoms with Crippen molar-refractivity contribution < 1.29 is 14.6 Å². The number of carboxylic acids is 1. The van der Waals surface area contributed by atoms with E-state index in [2.05, 4.69) is 10.3 Å². The third-order valence-corrected chi connectivity index (χ3v) is 3.26. The van der Waals surface area contributed by atoms with Crippen LogP contribution in [0.3, 0.4) is 0 Å². The Kier molecular flexibility index (Phi) is 4.73. The van der Waals surface area contributed by atoms with Crippen LogP contribution in [0.2, 0.25) is 0 Å². The molecule has 0 spiro atoms. The van der Waals surface area contributed by atoms with Crippen LogP contribution in [0.5, 0.6) is 0 Å². The van der Waals surface area contributed by atoms with E-state index in [0.29, 0.717) is 19.4 Å². The van der Waals surface area contributed by atoms with Gasteiger partial charge in [-0.05, 0) is 25.7 Å². The maximum absolute atomic E-state index is 12.2. The lowest BCUT2D eigenvalue weighted by molar-refractivity contribution is -0.138. The fraction of sp³-hybridized carbons (Fsp3) is 0.615. The highest BCUT2D eigenvalue weighted by Gasteiger charge is 2.26. The molecule has 2 rings (SSSR count). The van der Waals surface area contributed by atoms with Crippen molar-refractivity contribution in [2.24, 2.45) is 0 Å². The second kappa shape index (κ2) is 6.51. The number of methoxy groups -OCH3 is 1. The smallest absolute Gasteiger partial charge is 0.326 e. The number of nitrogens with zero attached hydrogens (tertiary/aromatic N) is 2. The molecular formula is C13H19N3O4. The van der Waals surface area contributed by atoms with E-state index in [1.165, 1.54) is 6.20 Å². The van der Waals surface area contributed by atoms with Crippen molar-refractivity contribution in [3.05, 3.63) is 22.7 Å². The predicted molar refractivity (Wildman–Crippen MR) is 72.9 cm³/mol. The zero-order valence-corrected chi connectivity index (χ0v) is 11.4. The van der Waals surface area contributed by atoms with Crippen LogP contribution in [0, 0.1) is 0 Å². The molecule has 1 aromatic heterocycles. The normalized spacial score (nSPS) is 15.8. The van der Waals surface area contributed by atoms with Crippen LogP contribution in [0.15, 0.2) is 17.2 Å². The maximum Gasteiger partial charge on any atom is 0.326 e. The lowest BCUT2D eigenvalue weighted by Crippen LogP contribution is -2.34. The summed E-state index contributed by atoms with van der Waals surface area (Å²) in [6, 6.07) is -0.594. The average Bonchev–Trinajstić information content (AvgIpc) is 3.24. The maximum atomic E-state index is 12.2. The van der Waals surface area contributed by atoms with Gasteiger partial charge in [0.1, 0.15) is 6.04 Å². The molecule has 1 atom stereocenters. The summed E-state index contributed by atoms with van der Waals surface area (Å²) in [5.74, 6) is -0.895. The lowest BCUT2D eigenvalue weighted by Gasteiger charge is -2.15. The first-order valence-electron chi connectivity index (χ1n) is 6.69. The SMILES string of the molecule is COCCCC(Nc1nccn(C2CC2)c1=O)C(=O)O. The second-order valence-electron chi connectivity index (χ2n) is 4.89. The minimum Gasteiger partial charge on any atom is -0.480 e. The van der Waals surface area contributed by atoms with E-state index in [4.69, 9.17) is 4.74 Å². The fourth-order valence-electron chi connectivity index (χ4n) is 2.02. The van der Waals surface area contributed by atoms with Crippen molar-refractivity contribution in [1.29, 1.82) is 0 Å². The molecule has 1 heterocycles. The largest absolute Gasteiger partial charge is 0.480 e. The molecule has 7 heteroatoms. The van der Waals surface area contributed by atoms with Gasteiger partial charge in [-0.25, -0.2) is 9.78 Å². The van der Waals surface area contributed by atoms with Gasteiger partial charge in [0.15, 0.2) is 5.82 Å². The molecule has 0 radical (unpaired) electrons. The van der Waals surface area contributed by atoms with Gasteiger partial charge in [0, 0.05) is 32.2 Å². The van der Waals surface area contributed by atoms with Gasteiger partial charge < -0.3 is 19.7 Å². The van der Waals surface area contributed by atoms with Gasteiger partial charge in [-0.3, -0.25) is 4.79 Å². The zero-order valence-electron chi connectivity index (χ0n) is 11.4. The zero-order chi connectivity index (χ0) is 14.5. The molecule has 1 aromatic rings. The summed E-state index contributed by atoms with van der Waals surface area (Å²) < 4.78 is 6.52. The topological polar surface area (TPSA) is 93.5 Å². The van der Waals surface area contributed by atoms with Gasteiger partial charge in [-0.15, -0.1) is 0 Å². The van der Waals surface area contributed by atoms with E-state index in [9.17, 15) is 14.7 Å². The molecule has 1 aliphatic carbocycles. The first kappa shape index (κ1) is 14.5. The monoisotopic (exact) mass is 281 g/mol. The van der Waals surface area contributed by atoms with Crippen molar-refractivity contribution in [2.45, 2.75) is 37.8 Å². The van der Waals surface area contributed by atoms with Crippen molar-refractivity contribution in [3.63, 3.8) is 0 Å². The number of hydrogen-bond donors (Lipinski definition) is 2. The van der Waals surface area contributed by atoms with Crippen molar-refractivity contribution in [2.75, 3.05) is 19.0 Å². The summed E-state index contributed by atoms with van der Waals surface area (Å²) in [5, 5.41) is 11.9. The van der Waals surface area contributed by atoms with Crippen molar-refractivity contribution in [3.8, 4) is 0 Å². The Morgan fingerprint density at radius 1 is 1.65 bits per heavy atom. The Bertz CT molecular complexity index is 525. The Morgan fingerprint density at radius 3 is 3.00 bits per heavy atom. The fourth-order valence-corrected chi connectivity index (χ4v) is 2.02. The Morgan fingerprint density at radius 2 is 2.40 bits per heavy atom. The molecule has 1 aliphatic rings. The Balaban J connectivity index is 2.08. The summed E-state index contributed by atoms with van der Waals surface area (Å²) in [6.07, 6.45) is 6.12. The van der Waals surface area contributed by atoms with Crippen LogP contribution in [-0.2, 0) is 9.53 Å². The van der Waals surface area contributed by atoms with E-state index in [0.717, 1.165) is 12.8 Å². The summed E-state index contributed by atoms with van der Waals surface area (Å²) in [5.41, 5.74) is -0.256. The number of aromatic nitrogens is 2. The average molecular weight is 281 g/mol. The predicted octanol–water partition coefficient (Wildman–Crippen LogP) is 0.870.